The van der Waals surface area contributed by atoms with E-state index in [0.29, 0.717) is 19.4 Å². The van der Waals surface area contributed by atoms with Crippen LogP contribution in [-0.4, -0.2) is 40.9 Å². The summed E-state index contributed by atoms with van der Waals surface area (Å²) in [7, 11) is 1.43. The highest BCUT2D eigenvalue weighted by molar-refractivity contribution is 5.69. The van der Waals surface area contributed by atoms with Gasteiger partial charge < -0.3 is 14.7 Å². The van der Waals surface area contributed by atoms with E-state index in [4.69, 9.17) is 4.74 Å². The molecule has 2 fully saturated rings. The molecule has 0 radical (unpaired) electrons. The van der Waals surface area contributed by atoms with Gasteiger partial charge in [-0.1, -0.05) is 24.0 Å². The molecule has 1 aromatic carbocycles. The fourth-order valence-electron chi connectivity index (χ4n) is 4.38. The van der Waals surface area contributed by atoms with Crippen molar-refractivity contribution in [2.75, 3.05) is 13.7 Å². The van der Waals surface area contributed by atoms with Crippen molar-refractivity contribution in [3.8, 4) is 11.8 Å². The number of carbonyl (C=O) groups excluding carboxylic acids is 1. The van der Waals surface area contributed by atoms with E-state index in [1.807, 2.05) is 36.1 Å². The summed E-state index contributed by atoms with van der Waals surface area (Å²) in [5, 5.41) is 11.1. The highest BCUT2D eigenvalue weighted by Gasteiger charge is 2.49. The normalized spacial score (nSPS) is 29.0. The molecule has 134 valence electrons. The molecule has 4 nitrogen and oxygen atoms in total. The Morgan fingerprint density at radius 3 is 2.80 bits per heavy atom. The SMILES string of the molecule is COC(=O)N1CCCCC12CCCC(O)(C#Cc1cccc(C)c1)C2. The Labute approximate surface area is 150 Å². The Hall–Kier alpha value is -1.99. The van der Waals surface area contributed by atoms with Crippen molar-refractivity contribution in [3.05, 3.63) is 35.4 Å². The third-order valence-corrected chi connectivity index (χ3v) is 5.55. The lowest BCUT2D eigenvalue weighted by atomic mass is 9.68. The number of aliphatic hydroxyl groups is 1. The van der Waals surface area contributed by atoms with E-state index in [1.165, 1.54) is 7.11 Å². The van der Waals surface area contributed by atoms with Crippen molar-refractivity contribution in [1.29, 1.82) is 0 Å². The number of benzene rings is 1. The summed E-state index contributed by atoms with van der Waals surface area (Å²) >= 11 is 0. The van der Waals surface area contributed by atoms with Crippen molar-refractivity contribution in [3.63, 3.8) is 0 Å². The molecule has 4 heteroatoms. The predicted molar refractivity (Wildman–Crippen MR) is 97.2 cm³/mol. The Balaban J connectivity index is 1.85. The van der Waals surface area contributed by atoms with Crippen LogP contribution >= 0.6 is 0 Å². The predicted octanol–water partition coefficient (Wildman–Crippen LogP) is 3.64. The number of rotatable bonds is 0. The van der Waals surface area contributed by atoms with Gasteiger partial charge in [-0.15, -0.1) is 0 Å². The second-order valence-corrected chi connectivity index (χ2v) is 7.48. The molecule has 1 saturated heterocycles. The summed E-state index contributed by atoms with van der Waals surface area (Å²) in [4.78, 5) is 14.1. The third-order valence-electron chi connectivity index (χ3n) is 5.55. The Morgan fingerprint density at radius 2 is 2.04 bits per heavy atom. The van der Waals surface area contributed by atoms with Crippen LogP contribution in [0.4, 0.5) is 4.79 Å². The van der Waals surface area contributed by atoms with Gasteiger partial charge >= 0.3 is 6.09 Å². The summed E-state index contributed by atoms with van der Waals surface area (Å²) in [5.74, 6) is 6.26. The smallest absolute Gasteiger partial charge is 0.409 e. The van der Waals surface area contributed by atoms with Gasteiger partial charge in [0, 0.05) is 24.1 Å². The highest BCUT2D eigenvalue weighted by atomic mass is 16.5. The molecule has 1 heterocycles. The van der Waals surface area contributed by atoms with E-state index in [2.05, 4.69) is 11.8 Å². The van der Waals surface area contributed by atoms with E-state index in [-0.39, 0.29) is 11.6 Å². The number of piperidine rings is 1. The molecule has 1 aliphatic carbocycles. The number of nitrogens with zero attached hydrogens (tertiary/aromatic N) is 1. The topological polar surface area (TPSA) is 49.8 Å². The van der Waals surface area contributed by atoms with Gasteiger partial charge in [0.15, 0.2) is 0 Å². The largest absolute Gasteiger partial charge is 0.453 e. The molecule has 3 rings (SSSR count). The minimum atomic E-state index is -1.05. The van der Waals surface area contributed by atoms with Crippen LogP contribution in [0.15, 0.2) is 24.3 Å². The molecule has 25 heavy (non-hydrogen) atoms. The number of aryl methyl sites for hydroxylation is 1. The van der Waals surface area contributed by atoms with Crippen LogP contribution in [0.3, 0.4) is 0 Å². The van der Waals surface area contributed by atoms with Crippen LogP contribution < -0.4 is 0 Å². The van der Waals surface area contributed by atoms with E-state index in [9.17, 15) is 9.90 Å². The summed E-state index contributed by atoms with van der Waals surface area (Å²) in [6, 6.07) is 8.00. The van der Waals surface area contributed by atoms with Crippen LogP contribution in [0, 0.1) is 18.8 Å². The van der Waals surface area contributed by atoms with Crippen LogP contribution in [0.1, 0.15) is 56.1 Å². The molecule has 2 unspecified atom stereocenters. The molecule has 2 aliphatic rings. The van der Waals surface area contributed by atoms with Gasteiger partial charge in [0.25, 0.3) is 0 Å². The standard InChI is InChI=1S/C21H27NO3/c1-17-7-5-8-18(15-17)9-13-21(24)12-6-11-20(16-21)10-3-4-14-22(20)19(23)25-2/h5,7-8,15,24H,3-4,6,10-12,14,16H2,1-2H3. The average Bonchev–Trinajstić information content (AvgIpc) is 2.60. The van der Waals surface area contributed by atoms with Crippen molar-refractivity contribution in [2.45, 2.75) is 63.0 Å². The summed E-state index contributed by atoms with van der Waals surface area (Å²) in [6.07, 6.45) is 5.64. The molecule has 1 spiro atoms. The quantitative estimate of drug-likeness (QED) is 0.733. The van der Waals surface area contributed by atoms with E-state index in [0.717, 1.165) is 43.2 Å². The number of carbonyl (C=O) groups is 1. The first kappa shape index (κ1) is 17.8. The first-order valence-electron chi connectivity index (χ1n) is 9.14. The maximum atomic E-state index is 12.3. The van der Waals surface area contributed by atoms with Gasteiger partial charge in [0.2, 0.25) is 0 Å². The number of amides is 1. The van der Waals surface area contributed by atoms with Gasteiger partial charge in [0.05, 0.1) is 7.11 Å². The second-order valence-electron chi connectivity index (χ2n) is 7.48. The first-order chi connectivity index (χ1) is 12.0. The van der Waals surface area contributed by atoms with E-state index in [1.54, 1.807) is 0 Å². The molecule has 1 amide bonds. The van der Waals surface area contributed by atoms with Gasteiger partial charge in [-0.05, 0) is 63.1 Å². The van der Waals surface area contributed by atoms with Crippen LogP contribution in [-0.2, 0) is 4.74 Å². The number of methoxy groups -OCH3 is 1. The molecular formula is C21H27NO3. The van der Waals surface area contributed by atoms with Gasteiger partial charge in [0.1, 0.15) is 5.60 Å². The molecule has 1 aliphatic heterocycles. The Morgan fingerprint density at radius 1 is 1.24 bits per heavy atom. The Kier molecular flexibility index (Phi) is 5.06. The van der Waals surface area contributed by atoms with E-state index >= 15 is 0 Å². The summed E-state index contributed by atoms with van der Waals surface area (Å²) in [5.41, 5.74) is 0.704. The minimum absolute atomic E-state index is 0.282. The second kappa shape index (κ2) is 7.09. The fourth-order valence-corrected chi connectivity index (χ4v) is 4.38. The van der Waals surface area contributed by atoms with Crippen molar-refractivity contribution in [1.82, 2.24) is 4.90 Å². The number of hydrogen-bond acceptors (Lipinski definition) is 3. The molecular weight excluding hydrogens is 314 g/mol. The molecule has 2 atom stereocenters. The first-order valence-corrected chi connectivity index (χ1v) is 9.14. The molecule has 0 bridgehead atoms. The van der Waals surface area contributed by atoms with Crippen LogP contribution in [0.5, 0.6) is 0 Å². The van der Waals surface area contributed by atoms with E-state index < -0.39 is 5.60 Å². The van der Waals surface area contributed by atoms with Gasteiger partial charge in [-0.25, -0.2) is 4.79 Å². The molecule has 1 N–H and O–H groups in total. The zero-order valence-corrected chi connectivity index (χ0v) is 15.2. The zero-order chi connectivity index (χ0) is 17.9. The monoisotopic (exact) mass is 341 g/mol. The van der Waals surface area contributed by atoms with Gasteiger partial charge in [-0.2, -0.15) is 0 Å². The highest BCUT2D eigenvalue weighted by Crippen LogP contribution is 2.44. The average molecular weight is 341 g/mol. The van der Waals surface area contributed by atoms with Crippen LogP contribution in [0.25, 0.3) is 0 Å². The number of likely N-dealkylation sites (tertiary alicyclic amines) is 1. The lowest BCUT2D eigenvalue weighted by Gasteiger charge is -2.51. The fraction of sp³-hybridized carbons (Fsp3) is 0.571. The van der Waals surface area contributed by atoms with Crippen molar-refractivity contribution >= 4 is 6.09 Å². The van der Waals surface area contributed by atoms with Crippen LogP contribution in [0.2, 0.25) is 0 Å². The lowest BCUT2D eigenvalue weighted by molar-refractivity contribution is -0.0510. The van der Waals surface area contributed by atoms with Crippen molar-refractivity contribution < 1.29 is 14.6 Å². The maximum absolute atomic E-state index is 12.3. The summed E-state index contributed by atoms with van der Waals surface area (Å²) < 4.78 is 5.00. The number of ether oxygens (including phenoxy) is 1. The maximum Gasteiger partial charge on any atom is 0.409 e. The summed E-state index contributed by atoms with van der Waals surface area (Å²) in [6.45, 7) is 2.74. The number of hydrogen-bond donors (Lipinski definition) is 1. The molecule has 1 aromatic rings. The zero-order valence-electron chi connectivity index (χ0n) is 15.2. The lowest BCUT2D eigenvalue weighted by Crippen LogP contribution is -2.59. The molecule has 0 aromatic heterocycles. The molecule has 1 saturated carbocycles. The minimum Gasteiger partial charge on any atom is -0.453 e. The van der Waals surface area contributed by atoms with Crippen molar-refractivity contribution in [2.24, 2.45) is 0 Å². The third kappa shape index (κ3) is 3.82. The Bertz CT molecular complexity index is 701. The van der Waals surface area contributed by atoms with Gasteiger partial charge in [-0.3, -0.25) is 0 Å².